The van der Waals surface area contributed by atoms with E-state index in [1.54, 1.807) is 12.1 Å². The van der Waals surface area contributed by atoms with E-state index in [2.05, 4.69) is 18.7 Å². The highest BCUT2D eigenvalue weighted by molar-refractivity contribution is 5.88. The van der Waals surface area contributed by atoms with Crippen molar-refractivity contribution in [2.24, 2.45) is 0 Å². The Hall–Kier alpha value is -1.51. The molecule has 0 amide bonds. The molecule has 1 aromatic rings. The molecule has 20 heavy (non-hydrogen) atoms. The second-order valence-corrected chi connectivity index (χ2v) is 5.25. The summed E-state index contributed by atoms with van der Waals surface area (Å²) >= 11 is 0. The predicted octanol–water partition coefficient (Wildman–Crippen LogP) is 4.57. The molecule has 112 valence electrons. The highest BCUT2D eigenvalue weighted by Gasteiger charge is 2.08. The highest BCUT2D eigenvalue weighted by Crippen LogP contribution is 2.17. The fraction of sp³-hybridized carbons (Fsp3) is 0.588. The van der Waals surface area contributed by atoms with E-state index in [9.17, 15) is 4.79 Å². The summed E-state index contributed by atoms with van der Waals surface area (Å²) in [5.74, 6) is -0.861. The number of nitrogens with zero attached hydrogens (tertiary/aromatic N) is 1. The van der Waals surface area contributed by atoms with Crippen molar-refractivity contribution in [3.63, 3.8) is 0 Å². The lowest BCUT2D eigenvalue weighted by Crippen LogP contribution is -2.25. The van der Waals surface area contributed by atoms with E-state index in [0.29, 0.717) is 5.56 Å². The van der Waals surface area contributed by atoms with Crippen molar-refractivity contribution in [3.05, 3.63) is 29.8 Å². The van der Waals surface area contributed by atoms with Gasteiger partial charge in [0.2, 0.25) is 0 Å². The lowest BCUT2D eigenvalue weighted by Gasteiger charge is -2.25. The van der Waals surface area contributed by atoms with E-state index in [1.807, 2.05) is 12.1 Å². The van der Waals surface area contributed by atoms with Crippen LogP contribution in [0.15, 0.2) is 24.3 Å². The monoisotopic (exact) mass is 277 g/mol. The van der Waals surface area contributed by atoms with Crippen molar-refractivity contribution in [3.8, 4) is 0 Å². The second-order valence-electron chi connectivity index (χ2n) is 5.25. The number of carboxylic acids is 1. The van der Waals surface area contributed by atoms with Crippen LogP contribution in [-0.4, -0.2) is 24.2 Å². The van der Waals surface area contributed by atoms with Gasteiger partial charge in [0, 0.05) is 18.8 Å². The third-order valence-corrected chi connectivity index (χ3v) is 3.54. The van der Waals surface area contributed by atoms with Gasteiger partial charge in [0.25, 0.3) is 0 Å². The summed E-state index contributed by atoms with van der Waals surface area (Å²) in [5, 5.41) is 8.95. The smallest absolute Gasteiger partial charge is 0.335 e. The van der Waals surface area contributed by atoms with Crippen LogP contribution in [-0.2, 0) is 0 Å². The zero-order valence-electron chi connectivity index (χ0n) is 12.8. The van der Waals surface area contributed by atoms with Gasteiger partial charge >= 0.3 is 5.97 Å². The Balaban J connectivity index is 2.66. The van der Waals surface area contributed by atoms with E-state index in [4.69, 9.17) is 5.11 Å². The fourth-order valence-electron chi connectivity index (χ4n) is 2.29. The Morgan fingerprint density at radius 3 is 1.85 bits per heavy atom. The minimum absolute atomic E-state index is 0.357. The number of aromatic carboxylic acids is 1. The largest absolute Gasteiger partial charge is 0.478 e. The molecule has 0 atom stereocenters. The Labute approximate surface area is 122 Å². The molecule has 0 aliphatic heterocycles. The molecule has 0 radical (unpaired) electrons. The normalized spacial score (nSPS) is 10.5. The first-order chi connectivity index (χ1) is 9.69. The zero-order chi connectivity index (χ0) is 14.8. The van der Waals surface area contributed by atoms with Gasteiger partial charge in [-0.3, -0.25) is 0 Å². The van der Waals surface area contributed by atoms with Crippen molar-refractivity contribution in [1.29, 1.82) is 0 Å². The van der Waals surface area contributed by atoms with Gasteiger partial charge in [0.1, 0.15) is 0 Å². The van der Waals surface area contributed by atoms with Gasteiger partial charge in [-0.2, -0.15) is 0 Å². The van der Waals surface area contributed by atoms with Crippen molar-refractivity contribution in [1.82, 2.24) is 0 Å². The van der Waals surface area contributed by atoms with Crippen LogP contribution in [0.2, 0.25) is 0 Å². The van der Waals surface area contributed by atoms with Crippen molar-refractivity contribution >= 4 is 11.7 Å². The van der Waals surface area contributed by atoms with Crippen LogP contribution in [0.4, 0.5) is 5.69 Å². The van der Waals surface area contributed by atoms with Crippen molar-refractivity contribution in [2.75, 3.05) is 18.0 Å². The van der Waals surface area contributed by atoms with E-state index >= 15 is 0 Å². The Morgan fingerprint density at radius 2 is 1.45 bits per heavy atom. The minimum Gasteiger partial charge on any atom is -0.478 e. The molecule has 0 bridgehead atoms. The van der Waals surface area contributed by atoms with Gasteiger partial charge in [-0.05, 0) is 37.1 Å². The Morgan fingerprint density at radius 1 is 0.950 bits per heavy atom. The first-order valence-corrected chi connectivity index (χ1v) is 7.77. The lowest BCUT2D eigenvalue weighted by molar-refractivity contribution is 0.0697. The molecule has 0 fully saturated rings. The SMILES string of the molecule is CCCCCN(CCCCC)c1ccc(C(=O)O)cc1. The molecular formula is C17H27NO2. The summed E-state index contributed by atoms with van der Waals surface area (Å²) in [4.78, 5) is 13.3. The quantitative estimate of drug-likeness (QED) is 0.637. The van der Waals surface area contributed by atoms with Crippen molar-refractivity contribution < 1.29 is 9.90 Å². The van der Waals surface area contributed by atoms with E-state index < -0.39 is 5.97 Å². The summed E-state index contributed by atoms with van der Waals surface area (Å²) in [5.41, 5.74) is 1.50. The van der Waals surface area contributed by atoms with Gasteiger partial charge in [-0.15, -0.1) is 0 Å². The highest BCUT2D eigenvalue weighted by atomic mass is 16.4. The van der Waals surface area contributed by atoms with E-state index in [1.165, 1.54) is 38.5 Å². The third kappa shape index (κ3) is 5.64. The molecule has 1 aromatic carbocycles. The van der Waals surface area contributed by atoms with Crippen LogP contribution in [0.1, 0.15) is 62.7 Å². The molecule has 1 N–H and O–H groups in total. The summed E-state index contributed by atoms with van der Waals surface area (Å²) in [7, 11) is 0. The molecule has 0 saturated heterocycles. The maximum atomic E-state index is 10.9. The number of carboxylic acid groups (broad SMARTS) is 1. The van der Waals surface area contributed by atoms with Crippen molar-refractivity contribution in [2.45, 2.75) is 52.4 Å². The average Bonchev–Trinajstić information content (AvgIpc) is 2.46. The number of unbranched alkanes of at least 4 members (excludes halogenated alkanes) is 4. The fourth-order valence-corrected chi connectivity index (χ4v) is 2.29. The van der Waals surface area contributed by atoms with Crippen LogP contribution in [0.5, 0.6) is 0 Å². The maximum absolute atomic E-state index is 10.9. The van der Waals surface area contributed by atoms with Gasteiger partial charge in [-0.1, -0.05) is 39.5 Å². The third-order valence-electron chi connectivity index (χ3n) is 3.54. The second kappa shape index (κ2) is 9.40. The summed E-state index contributed by atoms with van der Waals surface area (Å²) < 4.78 is 0. The van der Waals surface area contributed by atoms with E-state index in [-0.39, 0.29) is 0 Å². The Kier molecular flexibility index (Phi) is 7.78. The van der Waals surface area contributed by atoms with Crippen LogP contribution in [0.3, 0.4) is 0 Å². The maximum Gasteiger partial charge on any atom is 0.335 e. The molecular weight excluding hydrogens is 250 g/mol. The molecule has 3 heteroatoms. The molecule has 0 spiro atoms. The first-order valence-electron chi connectivity index (χ1n) is 7.77. The number of anilines is 1. The summed E-state index contributed by atoms with van der Waals surface area (Å²) in [6, 6.07) is 7.26. The van der Waals surface area contributed by atoms with Gasteiger partial charge in [0.15, 0.2) is 0 Å². The van der Waals surface area contributed by atoms with Crippen LogP contribution >= 0.6 is 0 Å². The number of hydrogen-bond donors (Lipinski definition) is 1. The number of rotatable bonds is 10. The molecule has 0 unspecified atom stereocenters. The molecule has 3 nitrogen and oxygen atoms in total. The zero-order valence-corrected chi connectivity index (χ0v) is 12.8. The van der Waals surface area contributed by atoms with Crippen LogP contribution in [0.25, 0.3) is 0 Å². The first kappa shape index (κ1) is 16.5. The van der Waals surface area contributed by atoms with Crippen LogP contribution < -0.4 is 4.90 Å². The van der Waals surface area contributed by atoms with E-state index in [0.717, 1.165) is 18.8 Å². The standard InChI is InChI=1S/C17H27NO2/c1-3-5-7-13-18(14-8-6-4-2)16-11-9-15(10-12-16)17(19)20/h9-12H,3-8,13-14H2,1-2H3,(H,19,20). The molecule has 0 aliphatic rings. The number of carbonyl (C=O) groups is 1. The van der Waals surface area contributed by atoms with Gasteiger partial charge in [-0.25, -0.2) is 4.79 Å². The molecule has 0 heterocycles. The average molecular weight is 277 g/mol. The molecule has 1 rings (SSSR count). The molecule has 0 aliphatic carbocycles. The predicted molar refractivity (Wildman–Crippen MR) is 84.7 cm³/mol. The number of hydrogen-bond acceptors (Lipinski definition) is 2. The minimum atomic E-state index is -0.861. The number of benzene rings is 1. The topological polar surface area (TPSA) is 40.5 Å². The Bertz CT molecular complexity index is 376. The summed E-state index contributed by atoms with van der Waals surface area (Å²) in [6.45, 7) is 6.54. The van der Waals surface area contributed by atoms with Crippen LogP contribution in [0, 0.1) is 0 Å². The lowest BCUT2D eigenvalue weighted by atomic mass is 10.1. The van der Waals surface area contributed by atoms with Gasteiger partial charge in [0.05, 0.1) is 5.56 Å². The van der Waals surface area contributed by atoms with Gasteiger partial charge < -0.3 is 10.0 Å². The molecule has 0 aromatic heterocycles. The summed E-state index contributed by atoms with van der Waals surface area (Å²) in [6.07, 6.45) is 7.34. The molecule has 0 saturated carbocycles.